The van der Waals surface area contributed by atoms with Crippen molar-refractivity contribution in [2.45, 2.75) is 26.7 Å². The van der Waals surface area contributed by atoms with Crippen molar-refractivity contribution in [1.29, 1.82) is 0 Å². The molecule has 1 aliphatic heterocycles. The first-order valence-electron chi connectivity index (χ1n) is 7.94. The molecule has 4 nitrogen and oxygen atoms in total. The van der Waals surface area contributed by atoms with Crippen molar-refractivity contribution in [3.8, 4) is 0 Å². The number of likely N-dealkylation sites (N-methyl/N-ethyl adjacent to an activating group) is 1. The smallest absolute Gasteiger partial charge is 0.0587 e. The predicted molar refractivity (Wildman–Crippen MR) is 81.7 cm³/mol. The largest absolute Gasteiger partial charge is 0.383 e. The second-order valence-electron chi connectivity index (χ2n) is 5.51. The maximum absolute atomic E-state index is 5.05. The van der Waals surface area contributed by atoms with Crippen LogP contribution in [0.3, 0.4) is 0 Å². The Balaban J connectivity index is 2.05. The fourth-order valence-electron chi connectivity index (χ4n) is 2.72. The minimum Gasteiger partial charge on any atom is -0.383 e. The van der Waals surface area contributed by atoms with E-state index in [1.165, 1.54) is 52.1 Å². The average molecular weight is 271 g/mol. The first-order valence-corrected chi connectivity index (χ1v) is 7.94. The number of nitrogens with one attached hydrogen (secondary N) is 1. The van der Waals surface area contributed by atoms with Gasteiger partial charge in [0.25, 0.3) is 0 Å². The molecular formula is C15H33N3O. The van der Waals surface area contributed by atoms with Crippen LogP contribution in [-0.2, 0) is 4.74 Å². The summed E-state index contributed by atoms with van der Waals surface area (Å²) in [5.74, 6) is 0.863. The first-order chi connectivity index (χ1) is 9.30. The van der Waals surface area contributed by atoms with Crippen LogP contribution in [0.25, 0.3) is 0 Å². The molecule has 4 heteroatoms. The number of piperidine rings is 1. The van der Waals surface area contributed by atoms with Gasteiger partial charge in [-0.3, -0.25) is 0 Å². The number of rotatable bonds is 10. The lowest BCUT2D eigenvalue weighted by Gasteiger charge is -2.33. The molecule has 1 rings (SSSR count). The van der Waals surface area contributed by atoms with E-state index in [1.807, 2.05) is 0 Å². The average Bonchev–Trinajstić information content (AvgIpc) is 2.46. The molecule has 1 fully saturated rings. The Kier molecular flexibility index (Phi) is 9.43. The Morgan fingerprint density at radius 2 is 1.89 bits per heavy atom. The standard InChI is InChI=1S/C15H33N3O/c1-4-17(5-2)11-12-18-9-6-15(7-10-18)14-16-8-13-19-3/h15-16H,4-14H2,1-3H3. The third kappa shape index (κ3) is 7.25. The number of hydrogen-bond acceptors (Lipinski definition) is 4. The number of likely N-dealkylation sites (tertiary alicyclic amines) is 1. The van der Waals surface area contributed by atoms with E-state index in [0.717, 1.165) is 25.6 Å². The minimum atomic E-state index is 0.822. The second-order valence-corrected chi connectivity index (χ2v) is 5.51. The number of methoxy groups -OCH3 is 1. The Labute approximate surface area is 119 Å². The molecular weight excluding hydrogens is 238 g/mol. The number of hydrogen-bond donors (Lipinski definition) is 1. The van der Waals surface area contributed by atoms with Crippen LogP contribution in [0.1, 0.15) is 26.7 Å². The van der Waals surface area contributed by atoms with Gasteiger partial charge in [0.1, 0.15) is 0 Å². The van der Waals surface area contributed by atoms with Crippen molar-refractivity contribution >= 4 is 0 Å². The van der Waals surface area contributed by atoms with Gasteiger partial charge < -0.3 is 19.9 Å². The highest BCUT2D eigenvalue weighted by atomic mass is 16.5. The molecule has 0 spiro atoms. The Morgan fingerprint density at radius 3 is 2.47 bits per heavy atom. The van der Waals surface area contributed by atoms with Crippen LogP contribution < -0.4 is 5.32 Å². The predicted octanol–water partition coefficient (Wildman–Crippen LogP) is 1.28. The van der Waals surface area contributed by atoms with Gasteiger partial charge in [-0.2, -0.15) is 0 Å². The third-order valence-electron chi connectivity index (χ3n) is 4.25. The lowest BCUT2D eigenvalue weighted by molar-refractivity contribution is 0.155. The molecule has 19 heavy (non-hydrogen) atoms. The summed E-state index contributed by atoms with van der Waals surface area (Å²) in [5.41, 5.74) is 0. The summed E-state index contributed by atoms with van der Waals surface area (Å²) in [4.78, 5) is 5.14. The topological polar surface area (TPSA) is 27.7 Å². The van der Waals surface area contributed by atoms with Crippen molar-refractivity contribution in [3.63, 3.8) is 0 Å². The maximum Gasteiger partial charge on any atom is 0.0587 e. The second kappa shape index (κ2) is 10.6. The maximum atomic E-state index is 5.05. The zero-order chi connectivity index (χ0) is 13.9. The van der Waals surface area contributed by atoms with E-state index in [-0.39, 0.29) is 0 Å². The third-order valence-corrected chi connectivity index (χ3v) is 4.25. The van der Waals surface area contributed by atoms with Crippen LogP contribution in [0.5, 0.6) is 0 Å². The Bertz CT molecular complexity index is 202. The summed E-state index contributed by atoms with van der Waals surface area (Å²) in [6.07, 6.45) is 2.69. The summed E-state index contributed by atoms with van der Waals surface area (Å²) in [6, 6.07) is 0. The van der Waals surface area contributed by atoms with Crippen LogP contribution in [0, 0.1) is 5.92 Å². The van der Waals surface area contributed by atoms with Crippen LogP contribution in [0.2, 0.25) is 0 Å². The van der Waals surface area contributed by atoms with E-state index in [0.29, 0.717) is 0 Å². The minimum absolute atomic E-state index is 0.822. The molecule has 1 N–H and O–H groups in total. The number of nitrogens with zero attached hydrogens (tertiary/aromatic N) is 2. The van der Waals surface area contributed by atoms with Crippen LogP contribution in [0.4, 0.5) is 0 Å². The fraction of sp³-hybridized carbons (Fsp3) is 1.00. The highest BCUT2D eigenvalue weighted by Gasteiger charge is 2.18. The van der Waals surface area contributed by atoms with Crippen LogP contribution in [-0.4, -0.2) is 75.9 Å². The summed E-state index contributed by atoms with van der Waals surface area (Å²) in [5, 5.41) is 3.49. The van der Waals surface area contributed by atoms with Gasteiger partial charge >= 0.3 is 0 Å². The quantitative estimate of drug-likeness (QED) is 0.606. The van der Waals surface area contributed by atoms with E-state index in [1.54, 1.807) is 7.11 Å². The normalized spacial score (nSPS) is 18.3. The van der Waals surface area contributed by atoms with Gasteiger partial charge in [0.15, 0.2) is 0 Å². The van der Waals surface area contributed by atoms with E-state index in [9.17, 15) is 0 Å². The zero-order valence-electron chi connectivity index (χ0n) is 13.2. The Morgan fingerprint density at radius 1 is 1.21 bits per heavy atom. The molecule has 1 heterocycles. The van der Waals surface area contributed by atoms with Gasteiger partial charge in [0.2, 0.25) is 0 Å². The summed E-state index contributed by atoms with van der Waals surface area (Å²) in [6.45, 7) is 14.8. The summed E-state index contributed by atoms with van der Waals surface area (Å²) in [7, 11) is 1.76. The molecule has 0 radical (unpaired) electrons. The molecule has 1 aliphatic rings. The van der Waals surface area contributed by atoms with E-state index in [4.69, 9.17) is 4.74 Å². The van der Waals surface area contributed by atoms with Crippen molar-refractivity contribution in [3.05, 3.63) is 0 Å². The lowest BCUT2D eigenvalue weighted by Crippen LogP contribution is -2.41. The van der Waals surface area contributed by atoms with Crippen molar-refractivity contribution < 1.29 is 4.74 Å². The van der Waals surface area contributed by atoms with Gasteiger partial charge in [-0.05, 0) is 51.5 Å². The van der Waals surface area contributed by atoms with E-state index >= 15 is 0 Å². The van der Waals surface area contributed by atoms with Gasteiger partial charge in [0, 0.05) is 26.7 Å². The lowest BCUT2D eigenvalue weighted by atomic mass is 9.97. The molecule has 0 aromatic carbocycles. The van der Waals surface area contributed by atoms with Crippen molar-refractivity contribution in [2.24, 2.45) is 5.92 Å². The molecule has 0 unspecified atom stereocenters. The molecule has 0 aromatic rings. The summed E-state index contributed by atoms with van der Waals surface area (Å²) >= 11 is 0. The molecule has 0 amide bonds. The van der Waals surface area contributed by atoms with E-state index < -0.39 is 0 Å². The number of ether oxygens (including phenoxy) is 1. The first kappa shape index (κ1) is 16.9. The highest BCUT2D eigenvalue weighted by Crippen LogP contribution is 2.16. The van der Waals surface area contributed by atoms with Gasteiger partial charge in [-0.1, -0.05) is 13.8 Å². The van der Waals surface area contributed by atoms with E-state index in [2.05, 4.69) is 29.0 Å². The van der Waals surface area contributed by atoms with Crippen LogP contribution in [0.15, 0.2) is 0 Å². The zero-order valence-corrected chi connectivity index (χ0v) is 13.2. The molecule has 0 atom stereocenters. The molecule has 0 saturated carbocycles. The molecule has 1 saturated heterocycles. The van der Waals surface area contributed by atoms with Crippen molar-refractivity contribution in [1.82, 2.24) is 15.1 Å². The van der Waals surface area contributed by atoms with Gasteiger partial charge in [0.05, 0.1) is 6.61 Å². The Hall–Kier alpha value is -0.160. The molecule has 0 aliphatic carbocycles. The fourth-order valence-corrected chi connectivity index (χ4v) is 2.72. The van der Waals surface area contributed by atoms with Crippen LogP contribution >= 0.6 is 0 Å². The van der Waals surface area contributed by atoms with Gasteiger partial charge in [-0.15, -0.1) is 0 Å². The van der Waals surface area contributed by atoms with Gasteiger partial charge in [-0.25, -0.2) is 0 Å². The molecule has 0 bridgehead atoms. The SMILES string of the molecule is CCN(CC)CCN1CCC(CNCCOC)CC1. The highest BCUT2D eigenvalue weighted by molar-refractivity contribution is 4.74. The molecule has 114 valence electrons. The van der Waals surface area contributed by atoms with Crippen molar-refractivity contribution in [2.75, 3.05) is 66.1 Å². The molecule has 0 aromatic heterocycles. The monoisotopic (exact) mass is 271 g/mol. The summed E-state index contributed by atoms with van der Waals surface area (Å²) < 4.78 is 5.05.